The maximum Gasteiger partial charge on any atom is 0.253 e. The van der Waals surface area contributed by atoms with Crippen molar-refractivity contribution in [1.82, 2.24) is 14.9 Å². The maximum atomic E-state index is 12.0. The van der Waals surface area contributed by atoms with Gasteiger partial charge in [-0.25, -0.2) is 4.98 Å². The molecule has 0 unspecified atom stereocenters. The average molecular weight is 256 g/mol. The number of anilines is 1. The number of hydroxylamine groups is 1. The van der Waals surface area contributed by atoms with Crippen LogP contribution >= 0.6 is 0 Å². The number of carbonyl (C=O) groups excluding carboxylic acids is 1. The van der Waals surface area contributed by atoms with Crippen molar-refractivity contribution in [3.05, 3.63) is 36.1 Å². The lowest BCUT2D eigenvalue weighted by atomic mass is 10.2. The van der Waals surface area contributed by atoms with Gasteiger partial charge in [0.15, 0.2) is 0 Å². The molecule has 0 radical (unpaired) electrons. The van der Waals surface area contributed by atoms with Gasteiger partial charge in [0, 0.05) is 13.1 Å². The Kier molecular flexibility index (Phi) is 2.05. The molecule has 6 nitrogen and oxygen atoms in total. The van der Waals surface area contributed by atoms with E-state index in [4.69, 9.17) is 4.84 Å². The number of hydrogen-bond donors (Lipinski definition) is 1. The van der Waals surface area contributed by atoms with Crippen LogP contribution in [-0.2, 0) is 11.4 Å². The smallest absolute Gasteiger partial charge is 0.253 e. The SMILES string of the molecule is O=C1NCCn2c(N3CC=CO3)nc3cccc1c32. The minimum atomic E-state index is -0.0451. The summed E-state index contributed by atoms with van der Waals surface area (Å²) in [6.45, 7) is 1.95. The average Bonchev–Trinajstić information content (AvgIpc) is 3.01. The van der Waals surface area contributed by atoms with Crippen LogP contribution in [0, 0.1) is 0 Å². The number of hydrogen-bond acceptors (Lipinski definition) is 4. The lowest BCUT2D eigenvalue weighted by molar-refractivity contribution is 0.0956. The molecule has 0 bridgehead atoms. The van der Waals surface area contributed by atoms with Gasteiger partial charge in [-0.3, -0.25) is 4.79 Å². The van der Waals surface area contributed by atoms with E-state index in [0.717, 1.165) is 17.0 Å². The summed E-state index contributed by atoms with van der Waals surface area (Å²) in [6, 6.07) is 5.60. The number of carbonyl (C=O) groups is 1. The lowest BCUT2D eigenvalue weighted by Gasteiger charge is -2.16. The number of imidazole rings is 1. The zero-order valence-corrected chi connectivity index (χ0v) is 10.2. The van der Waals surface area contributed by atoms with Gasteiger partial charge in [-0.2, -0.15) is 5.06 Å². The normalized spacial score (nSPS) is 17.5. The van der Waals surface area contributed by atoms with Gasteiger partial charge in [0.1, 0.15) is 6.26 Å². The highest BCUT2D eigenvalue weighted by Crippen LogP contribution is 2.28. The predicted molar refractivity (Wildman–Crippen MR) is 69.6 cm³/mol. The quantitative estimate of drug-likeness (QED) is 0.828. The van der Waals surface area contributed by atoms with Gasteiger partial charge in [0.2, 0.25) is 5.95 Å². The third kappa shape index (κ3) is 1.43. The number of benzene rings is 1. The number of aromatic nitrogens is 2. The van der Waals surface area contributed by atoms with E-state index in [1.165, 1.54) is 0 Å². The van der Waals surface area contributed by atoms with Gasteiger partial charge in [-0.05, 0) is 18.2 Å². The molecular formula is C13H12N4O2. The van der Waals surface area contributed by atoms with E-state index in [9.17, 15) is 4.79 Å². The first-order valence-corrected chi connectivity index (χ1v) is 6.21. The fraction of sp³-hybridized carbons (Fsp3) is 0.231. The highest BCUT2D eigenvalue weighted by Gasteiger charge is 2.24. The van der Waals surface area contributed by atoms with Crippen LogP contribution in [0.1, 0.15) is 10.4 Å². The number of nitrogens with zero attached hydrogens (tertiary/aromatic N) is 3. The first-order chi connectivity index (χ1) is 9.34. The number of rotatable bonds is 1. The molecule has 0 atom stereocenters. The Bertz CT molecular complexity index is 696. The van der Waals surface area contributed by atoms with E-state index < -0.39 is 0 Å². The van der Waals surface area contributed by atoms with Crippen LogP contribution in [0.25, 0.3) is 11.0 Å². The number of para-hydroxylation sites is 1. The zero-order valence-electron chi connectivity index (χ0n) is 10.2. The molecule has 0 spiro atoms. The topological polar surface area (TPSA) is 59.4 Å². The number of nitrogens with one attached hydrogen (secondary N) is 1. The molecule has 2 aliphatic heterocycles. The van der Waals surface area contributed by atoms with Gasteiger partial charge in [0.05, 0.1) is 23.1 Å². The molecule has 0 saturated heterocycles. The first kappa shape index (κ1) is 10.4. The van der Waals surface area contributed by atoms with Crippen LogP contribution in [0.5, 0.6) is 0 Å². The van der Waals surface area contributed by atoms with E-state index in [1.807, 2.05) is 28.8 Å². The van der Waals surface area contributed by atoms with Crippen molar-refractivity contribution in [2.45, 2.75) is 6.54 Å². The Labute approximate surface area is 109 Å². The van der Waals surface area contributed by atoms with Crippen molar-refractivity contribution in [3.8, 4) is 0 Å². The van der Waals surface area contributed by atoms with Gasteiger partial charge in [-0.1, -0.05) is 6.07 Å². The van der Waals surface area contributed by atoms with Crippen molar-refractivity contribution in [1.29, 1.82) is 0 Å². The van der Waals surface area contributed by atoms with E-state index in [-0.39, 0.29) is 5.91 Å². The number of amides is 1. The summed E-state index contributed by atoms with van der Waals surface area (Å²) in [4.78, 5) is 22.0. The molecule has 1 aromatic carbocycles. The summed E-state index contributed by atoms with van der Waals surface area (Å²) in [5.74, 6) is 0.695. The summed E-state index contributed by atoms with van der Waals surface area (Å²) in [7, 11) is 0. The molecule has 1 amide bonds. The van der Waals surface area contributed by atoms with Crippen LogP contribution in [0.4, 0.5) is 5.95 Å². The van der Waals surface area contributed by atoms with Crippen LogP contribution in [0.15, 0.2) is 30.5 Å². The molecule has 0 fully saturated rings. The fourth-order valence-electron chi connectivity index (χ4n) is 2.56. The monoisotopic (exact) mass is 256 g/mol. The Balaban J connectivity index is 1.98. The summed E-state index contributed by atoms with van der Waals surface area (Å²) < 4.78 is 2.04. The summed E-state index contributed by atoms with van der Waals surface area (Å²) in [5, 5.41) is 4.61. The second-order valence-electron chi connectivity index (χ2n) is 4.53. The van der Waals surface area contributed by atoms with E-state index in [2.05, 4.69) is 10.3 Å². The van der Waals surface area contributed by atoms with Crippen LogP contribution in [0.3, 0.4) is 0 Å². The molecule has 19 heavy (non-hydrogen) atoms. The minimum absolute atomic E-state index is 0.0451. The fourth-order valence-corrected chi connectivity index (χ4v) is 2.56. The van der Waals surface area contributed by atoms with Gasteiger partial charge in [0.25, 0.3) is 5.91 Å². The van der Waals surface area contributed by atoms with Crippen molar-refractivity contribution >= 4 is 22.9 Å². The standard InChI is InChI=1S/C13H12N4O2/c18-12-9-3-1-4-10-11(9)16(7-5-14-12)13(15-10)17-6-2-8-19-17/h1-4,8H,5-7H2,(H,14,18). The first-order valence-electron chi connectivity index (χ1n) is 6.21. The summed E-state index contributed by atoms with van der Waals surface area (Å²) in [5.41, 5.74) is 2.36. The minimum Gasteiger partial charge on any atom is -0.385 e. The molecule has 3 heterocycles. The molecule has 2 aliphatic rings. The van der Waals surface area contributed by atoms with E-state index in [0.29, 0.717) is 25.2 Å². The van der Waals surface area contributed by atoms with E-state index in [1.54, 1.807) is 11.3 Å². The van der Waals surface area contributed by atoms with Gasteiger partial charge < -0.3 is 14.7 Å². The van der Waals surface area contributed by atoms with Crippen molar-refractivity contribution in [2.24, 2.45) is 0 Å². The molecule has 1 aromatic heterocycles. The van der Waals surface area contributed by atoms with Crippen molar-refractivity contribution in [2.75, 3.05) is 18.2 Å². The highest BCUT2D eigenvalue weighted by atomic mass is 16.7. The molecule has 0 aliphatic carbocycles. The molecule has 2 aromatic rings. The van der Waals surface area contributed by atoms with Crippen molar-refractivity contribution < 1.29 is 9.63 Å². The van der Waals surface area contributed by atoms with Crippen molar-refractivity contribution in [3.63, 3.8) is 0 Å². The molecule has 0 saturated carbocycles. The Hall–Kier alpha value is -2.50. The lowest BCUT2D eigenvalue weighted by Crippen LogP contribution is -2.25. The molecule has 1 N–H and O–H groups in total. The molecular weight excluding hydrogens is 244 g/mol. The molecule has 6 heteroatoms. The highest BCUT2D eigenvalue weighted by molar-refractivity contribution is 6.06. The summed E-state index contributed by atoms with van der Waals surface area (Å²) in [6.07, 6.45) is 3.57. The van der Waals surface area contributed by atoms with Crippen LogP contribution in [-0.4, -0.2) is 28.5 Å². The molecule has 96 valence electrons. The third-order valence-corrected chi connectivity index (χ3v) is 3.39. The van der Waals surface area contributed by atoms with Crippen LogP contribution < -0.4 is 10.4 Å². The van der Waals surface area contributed by atoms with Gasteiger partial charge in [-0.15, -0.1) is 0 Å². The largest absolute Gasteiger partial charge is 0.385 e. The Morgan fingerprint density at radius 1 is 1.37 bits per heavy atom. The maximum absolute atomic E-state index is 12.0. The zero-order chi connectivity index (χ0) is 12.8. The van der Waals surface area contributed by atoms with Gasteiger partial charge >= 0.3 is 0 Å². The van der Waals surface area contributed by atoms with E-state index >= 15 is 0 Å². The predicted octanol–water partition coefficient (Wildman–Crippen LogP) is 1.04. The summed E-state index contributed by atoms with van der Waals surface area (Å²) >= 11 is 0. The Morgan fingerprint density at radius 3 is 3.16 bits per heavy atom. The second kappa shape index (κ2) is 3.74. The second-order valence-corrected chi connectivity index (χ2v) is 4.53. The van der Waals surface area contributed by atoms with Crippen LogP contribution in [0.2, 0.25) is 0 Å². The Morgan fingerprint density at radius 2 is 2.32 bits per heavy atom. The third-order valence-electron chi connectivity index (χ3n) is 3.39. The molecule has 4 rings (SSSR count).